The fraction of sp³-hybridized carbons (Fsp3) is 0. The summed E-state index contributed by atoms with van der Waals surface area (Å²) in [6.07, 6.45) is 0. The fourth-order valence-electron chi connectivity index (χ4n) is 2.12. The van der Waals surface area contributed by atoms with Crippen LogP contribution in [0.2, 0.25) is 10.0 Å². The van der Waals surface area contributed by atoms with Gasteiger partial charge in [-0.05, 0) is 54.6 Å². The lowest BCUT2D eigenvalue weighted by Gasteiger charge is -2.12. The Kier molecular flexibility index (Phi) is 5.29. The molecule has 0 saturated carbocycles. The van der Waals surface area contributed by atoms with Gasteiger partial charge in [0.2, 0.25) is 0 Å². The van der Waals surface area contributed by atoms with Crippen LogP contribution in [-0.4, -0.2) is 0 Å². The topological polar surface area (TPSA) is 66.0 Å². The number of halogens is 2. The first-order valence-corrected chi connectivity index (χ1v) is 8.20. The molecule has 0 fully saturated rings. The molecular formula is C20H10Cl2N2O2. The highest BCUT2D eigenvalue weighted by Crippen LogP contribution is 2.39. The van der Waals surface area contributed by atoms with Crippen molar-refractivity contribution >= 4 is 23.2 Å². The number of nitrogens with zero attached hydrogens (tertiary/aromatic N) is 2. The third kappa shape index (κ3) is 4.07. The van der Waals surface area contributed by atoms with Gasteiger partial charge in [-0.25, -0.2) is 0 Å². The molecule has 0 unspecified atom stereocenters. The molecule has 0 amide bonds. The van der Waals surface area contributed by atoms with E-state index in [0.717, 1.165) is 0 Å². The van der Waals surface area contributed by atoms with Gasteiger partial charge in [0.05, 0.1) is 33.3 Å². The summed E-state index contributed by atoms with van der Waals surface area (Å²) in [7, 11) is 0. The quantitative estimate of drug-likeness (QED) is 0.530. The van der Waals surface area contributed by atoms with Crippen molar-refractivity contribution in [2.24, 2.45) is 0 Å². The summed E-state index contributed by atoms with van der Waals surface area (Å²) in [4.78, 5) is 0. The van der Waals surface area contributed by atoms with Gasteiger partial charge in [0.15, 0.2) is 0 Å². The van der Waals surface area contributed by atoms with E-state index in [2.05, 4.69) is 0 Å². The molecule has 0 radical (unpaired) electrons. The second-order valence-electron chi connectivity index (χ2n) is 5.19. The molecule has 0 aliphatic heterocycles. The largest absolute Gasteiger partial charge is 0.456 e. The third-order valence-corrected chi connectivity index (χ3v) is 4.00. The highest BCUT2D eigenvalue weighted by molar-refractivity contribution is 6.36. The summed E-state index contributed by atoms with van der Waals surface area (Å²) in [5, 5.41) is 18.3. The first kappa shape index (κ1) is 17.6. The SMILES string of the molecule is N#Cc1ccc(Oc2cc(Oc3ccc(C#N)cc3)c(Cl)cc2Cl)cc1. The summed E-state index contributed by atoms with van der Waals surface area (Å²) in [5.74, 6) is 1.78. The molecule has 3 aromatic rings. The Labute approximate surface area is 160 Å². The summed E-state index contributed by atoms with van der Waals surface area (Å²) in [6.45, 7) is 0. The fourth-order valence-corrected chi connectivity index (χ4v) is 2.58. The summed E-state index contributed by atoms with van der Waals surface area (Å²) >= 11 is 12.4. The lowest BCUT2D eigenvalue weighted by atomic mass is 10.2. The van der Waals surface area contributed by atoms with Crippen LogP contribution < -0.4 is 9.47 Å². The summed E-state index contributed by atoms with van der Waals surface area (Å²) in [6, 6.07) is 20.5. The van der Waals surface area contributed by atoms with Gasteiger partial charge in [-0.3, -0.25) is 0 Å². The molecule has 0 aliphatic rings. The molecule has 4 nitrogen and oxygen atoms in total. The molecule has 26 heavy (non-hydrogen) atoms. The Morgan fingerprint density at radius 2 is 1.00 bits per heavy atom. The molecule has 0 spiro atoms. The average Bonchev–Trinajstić information content (AvgIpc) is 2.66. The normalized spacial score (nSPS) is 9.85. The molecule has 3 rings (SSSR count). The Morgan fingerprint density at radius 1 is 0.615 bits per heavy atom. The highest BCUT2D eigenvalue weighted by atomic mass is 35.5. The van der Waals surface area contributed by atoms with Crippen molar-refractivity contribution in [3.05, 3.63) is 81.8 Å². The number of nitriles is 2. The molecule has 0 bridgehead atoms. The molecule has 3 aromatic carbocycles. The summed E-state index contributed by atoms with van der Waals surface area (Å²) in [5.41, 5.74) is 1.06. The van der Waals surface area contributed by atoms with Gasteiger partial charge in [-0.1, -0.05) is 23.2 Å². The number of rotatable bonds is 4. The Bertz CT molecular complexity index is 937. The number of hydrogen-bond donors (Lipinski definition) is 0. The average molecular weight is 381 g/mol. The lowest BCUT2D eigenvalue weighted by molar-refractivity contribution is 0.460. The summed E-state index contributed by atoms with van der Waals surface area (Å²) < 4.78 is 11.5. The minimum atomic E-state index is 0.325. The Hall–Kier alpha value is -3.18. The lowest BCUT2D eigenvalue weighted by Crippen LogP contribution is -1.90. The molecule has 0 atom stereocenters. The van der Waals surface area contributed by atoms with Gasteiger partial charge in [0.25, 0.3) is 0 Å². The van der Waals surface area contributed by atoms with Crippen molar-refractivity contribution in [3.8, 4) is 35.1 Å². The van der Waals surface area contributed by atoms with Gasteiger partial charge >= 0.3 is 0 Å². The molecular weight excluding hydrogens is 371 g/mol. The monoisotopic (exact) mass is 380 g/mol. The van der Waals surface area contributed by atoms with Gasteiger partial charge in [-0.2, -0.15) is 10.5 Å². The van der Waals surface area contributed by atoms with Gasteiger partial charge < -0.3 is 9.47 Å². The smallest absolute Gasteiger partial charge is 0.149 e. The maximum Gasteiger partial charge on any atom is 0.149 e. The van der Waals surface area contributed by atoms with Crippen LogP contribution in [0.1, 0.15) is 11.1 Å². The van der Waals surface area contributed by atoms with E-state index in [1.807, 2.05) is 12.1 Å². The molecule has 0 heterocycles. The van der Waals surface area contributed by atoms with Crippen molar-refractivity contribution in [2.75, 3.05) is 0 Å². The van der Waals surface area contributed by atoms with Gasteiger partial charge in [0.1, 0.15) is 23.0 Å². The third-order valence-electron chi connectivity index (χ3n) is 3.41. The van der Waals surface area contributed by atoms with Crippen molar-refractivity contribution < 1.29 is 9.47 Å². The first-order valence-electron chi connectivity index (χ1n) is 7.44. The predicted octanol–water partition coefficient (Wildman–Crippen LogP) is 6.32. The van der Waals surface area contributed by atoms with Crippen LogP contribution >= 0.6 is 23.2 Å². The number of benzene rings is 3. The maximum absolute atomic E-state index is 8.84. The van der Waals surface area contributed by atoms with Crippen molar-refractivity contribution in [1.29, 1.82) is 10.5 Å². The van der Waals surface area contributed by atoms with Crippen LogP contribution in [0.3, 0.4) is 0 Å². The first-order chi connectivity index (χ1) is 12.6. The second-order valence-corrected chi connectivity index (χ2v) is 6.00. The standard InChI is InChI=1S/C20H10Cl2N2O2/c21-17-9-18(22)20(26-16-7-3-14(12-24)4-8-16)10-19(17)25-15-5-1-13(11-23)2-6-15/h1-10H. The molecule has 6 heteroatoms. The van der Waals surface area contributed by atoms with Crippen LogP contribution in [-0.2, 0) is 0 Å². The number of ether oxygens (including phenoxy) is 2. The van der Waals surface area contributed by atoms with Crippen molar-refractivity contribution in [1.82, 2.24) is 0 Å². The molecule has 0 aliphatic carbocycles. The molecule has 126 valence electrons. The van der Waals surface area contributed by atoms with E-state index in [9.17, 15) is 0 Å². The van der Waals surface area contributed by atoms with Crippen LogP contribution in [0.4, 0.5) is 0 Å². The van der Waals surface area contributed by atoms with E-state index in [0.29, 0.717) is 44.2 Å². The minimum Gasteiger partial charge on any atom is -0.456 e. The van der Waals surface area contributed by atoms with E-state index in [1.54, 1.807) is 54.6 Å². The zero-order chi connectivity index (χ0) is 18.5. The van der Waals surface area contributed by atoms with Crippen LogP contribution in [0.15, 0.2) is 60.7 Å². The molecule has 0 N–H and O–H groups in total. The second kappa shape index (κ2) is 7.80. The van der Waals surface area contributed by atoms with Crippen molar-refractivity contribution in [2.45, 2.75) is 0 Å². The van der Waals surface area contributed by atoms with E-state index in [-0.39, 0.29) is 0 Å². The van der Waals surface area contributed by atoms with E-state index < -0.39 is 0 Å². The zero-order valence-corrected chi connectivity index (χ0v) is 14.8. The zero-order valence-electron chi connectivity index (χ0n) is 13.2. The van der Waals surface area contributed by atoms with Crippen LogP contribution in [0.25, 0.3) is 0 Å². The molecule has 0 saturated heterocycles. The van der Waals surface area contributed by atoms with Crippen LogP contribution in [0.5, 0.6) is 23.0 Å². The highest BCUT2D eigenvalue weighted by Gasteiger charge is 2.12. The van der Waals surface area contributed by atoms with Crippen LogP contribution in [0, 0.1) is 22.7 Å². The maximum atomic E-state index is 8.84. The van der Waals surface area contributed by atoms with E-state index in [1.165, 1.54) is 6.07 Å². The molecule has 0 aromatic heterocycles. The Balaban J connectivity index is 1.86. The van der Waals surface area contributed by atoms with E-state index in [4.69, 9.17) is 43.2 Å². The van der Waals surface area contributed by atoms with Crippen molar-refractivity contribution in [3.63, 3.8) is 0 Å². The number of hydrogen-bond acceptors (Lipinski definition) is 4. The minimum absolute atomic E-state index is 0.325. The van der Waals surface area contributed by atoms with Gasteiger partial charge in [-0.15, -0.1) is 0 Å². The van der Waals surface area contributed by atoms with Gasteiger partial charge in [0, 0.05) is 6.07 Å². The Morgan fingerprint density at radius 3 is 1.35 bits per heavy atom. The van der Waals surface area contributed by atoms with E-state index >= 15 is 0 Å². The predicted molar refractivity (Wildman–Crippen MR) is 98.9 cm³/mol.